The highest BCUT2D eigenvalue weighted by atomic mass is 127. The van der Waals surface area contributed by atoms with Crippen molar-refractivity contribution >= 4 is 63.2 Å². The van der Waals surface area contributed by atoms with Gasteiger partial charge in [-0.25, -0.2) is 13.1 Å². The van der Waals surface area contributed by atoms with Gasteiger partial charge in [0.2, 0.25) is 10.0 Å². The van der Waals surface area contributed by atoms with Crippen LogP contribution in [0, 0.1) is 0 Å². The van der Waals surface area contributed by atoms with E-state index < -0.39 is 10.0 Å². The first-order valence-corrected chi connectivity index (χ1v) is 8.80. The molecule has 22 heavy (non-hydrogen) atoms. The maximum absolute atomic E-state index is 10.9. The molecule has 0 aromatic heterocycles. The summed E-state index contributed by atoms with van der Waals surface area (Å²) in [6.45, 7) is 2.32. The zero-order valence-electron chi connectivity index (χ0n) is 12.1. The summed E-state index contributed by atoms with van der Waals surface area (Å²) in [4.78, 5) is 4.03. The molecule has 126 valence electrons. The Hall–Kier alpha value is -0.290. The molecule has 0 radical (unpaired) electrons. The van der Waals surface area contributed by atoms with E-state index in [4.69, 9.17) is 28.9 Å². The van der Waals surface area contributed by atoms with Crippen molar-refractivity contribution in [3.63, 3.8) is 0 Å². The Bertz CT molecular complexity index is 626. The number of benzene rings is 1. The van der Waals surface area contributed by atoms with E-state index >= 15 is 0 Å². The first-order chi connectivity index (χ1) is 9.69. The molecule has 0 amide bonds. The van der Waals surface area contributed by atoms with Crippen LogP contribution in [0.25, 0.3) is 0 Å². The predicted molar refractivity (Wildman–Crippen MR) is 103 cm³/mol. The fraction of sp³-hybridized carbons (Fsp3) is 0.417. The molecule has 0 saturated heterocycles. The largest absolute Gasteiger partial charge is 0.370 e. The van der Waals surface area contributed by atoms with E-state index in [9.17, 15) is 8.42 Å². The minimum atomic E-state index is -3.21. The van der Waals surface area contributed by atoms with E-state index in [2.05, 4.69) is 15.0 Å². The Morgan fingerprint density at radius 1 is 1.41 bits per heavy atom. The summed E-state index contributed by atoms with van der Waals surface area (Å²) >= 11 is 11.9. The topological polar surface area (TPSA) is 96.6 Å². The highest BCUT2D eigenvalue weighted by molar-refractivity contribution is 14.0. The number of halogens is 3. The van der Waals surface area contributed by atoms with Crippen LogP contribution in [0.15, 0.2) is 23.2 Å². The number of nitrogens with two attached hydrogens (primary N) is 1. The van der Waals surface area contributed by atoms with Gasteiger partial charge in [-0.15, -0.1) is 24.0 Å². The second kappa shape index (κ2) is 9.76. The van der Waals surface area contributed by atoms with Crippen LogP contribution in [0.1, 0.15) is 18.5 Å². The molecular formula is C12H19Cl2IN4O2S. The van der Waals surface area contributed by atoms with Crippen LogP contribution in [0.2, 0.25) is 10.0 Å². The molecule has 6 nitrogen and oxygen atoms in total. The fourth-order valence-corrected chi connectivity index (χ4v) is 2.64. The Kier molecular flexibility index (Phi) is 9.63. The van der Waals surface area contributed by atoms with Gasteiger partial charge in [0.25, 0.3) is 0 Å². The van der Waals surface area contributed by atoms with Crippen LogP contribution in [-0.4, -0.2) is 33.7 Å². The maximum Gasteiger partial charge on any atom is 0.208 e. The van der Waals surface area contributed by atoms with E-state index in [1.165, 1.54) is 0 Å². The zero-order chi connectivity index (χ0) is 16.0. The molecule has 1 atom stereocenters. The molecule has 0 bridgehead atoms. The van der Waals surface area contributed by atoms with Gasteiger partial charge in [-0.3, -0.25) is 4.99 Å². The minimum absolute atomic E-state index is 0. The maximum atomic E-state index is 10.9. The summed E-state index contributed by atoms with van der Waals surface area (Å²) in [6.07, 6.45) is 1.09. The van der Waals surface area contributed by atoms with E-state index in [1.54, 1.807) is 18.2 Å². The lowest BCUT2D eigenvalue weighted by Crippen LogP contribution is -2.35. The Morgan fingerprint density at radius 3 is 2.59 bits per heavy atom. The van der Waals surface area contributed by atoms with E-state index in [-0.39, 0.29) is 49.1 Å². The third-order valence-electron chi connectivity index (χ3n) is 2.55. The lowest BCUT2D eigenvalue weighted by molar-refractivity contribution is 0.588. The number of hydrogen-bond donors (Lipinski definition) is 3. The number of guanidine groups is 1. The van der Waals surface area contributed by atoms with Crippen molar-refractivity contribution < 1.29 is 8.42 Å². The van der Waals surface area contributed by atoms with Crippen LogP contribution < -0.4 is 15.8 Å². The van der Waals surface area contributed by atoms with Crippen LogP contribution in [0.4, 0.5) is 0 Å². The molecule has 0 aliphatic heterocycles. The summed E-state index contributed by atoms with van der Waals surface area (Å²) < 4.78 is 24.1. The average molecular weight is 481 g/mol. The van der Waals surface area contributed by atoms with Gasteiger partial charge in [0, 0.05) is 16.6 Å². The van der Waals surface area contributed by atoms with Crippen molar-refractivity contribution in [2.45, 2.75) is 13.0 Å². The number of aliphatic imine (C=N–C) groups is 1. The smallest absolute Gasteiger partial charge is 0.208 e. The predicted octanol–water partition coefficient (Wildman–Crippen LogP) is 2.13. The quantitative estimate of drug-likeness (QED) is 0.251. The van der Waals surface area contributed by atoms with Gasteiger partial charge in [0.15, 0.2) is 5.96 Å². The van der Waals surface area contributed by atoms with Crippen LogP contribution in [0.5, 0.6) is 0 Å². The van der Waals surface area contributed by atoms with Crippen molar-refractivity contribution in [1.82, 2.24) is 10.0 Å². The zero-order valence-corrected chi connectivity index (χ0v) is 16.8. The van der Waals surface area contributed by atoms with Crippen LogP contribution in [-0.2, 0) is 10.0 Å². The molecule has 0 saturated carbocycles. The molecule has 1 unspecified atom stereocenters. The van der Waals surface area contributed by atoms with E-state index in [0.29, 0.717) is 10.0 Å². The first-order valence-electron chi connectivity index (χ1n) is 6.15. The van der Waals surface area contributed by atoms with Crippen LogP contribution in [0.3, 0.4) is 0 Å². The van der Waals surface area contributed by atoms with Gasteiger partial charge >= 0.3 is 0 Å². The van der Waals surface area contributed by atoms with Crippen molar-refractivity contribution in [2.75, 3.05) is 19.3 Å². The molecule has 1 aromatic carbocycles. The van der Waals surface area contributed by atoms with Gasteiger partial charge in [-0.1, -0.05) is 29.3 Å². The summed E-state index contributed by atoms with van der Waals surface area (Å²) in [5, 5.41) is 4.07. The first kappa shape index (κ1) is 21.7. The molecule has 10 heteroatoms. The highest BCUT2D eigenvalue weighted by Gasteiger charge is 2.10. The molecule has 0 aliphatic carbocycles. The average Bonchev–Trinajstić information content (AvgIpc) is 2.33. The molecule has 0 aliphatic rings. The van der Waals surface area contributed by atoms with Gasteiger partial charge in [-0.2, -0.15) is 0 Å². The molecular weight excluding hydrogens is 462 g/mol. The molecule has 1 aromatic rings. The third-order valence-corrected chi connectivity index (χ3v) is 3.84. The number of hydrogen-bond acceptors (Lipinski definition) is 3. The SMILES string of the molecule is CC(NC(N)=NCCNS(C)(=O)=O)c1ccc(Cl)cc1Cl.I. The monoisotopic (exact) mass is 480 g/mol. The fourth-order valence-electron chi connectivity index (χ4n) is 1.61. The molecule has 0 heterocycles. The molecule has 4 N–H and O–H groups in total. The van der Waals surface area contributed by atoms with Crippen molar-refractivity contribution in [3.05, 3.63) is 33.8 Å². The van der Waals surface area contributed by atoms with E-state index in [0.717, 1.165) is 11.8 Å². The minimum Gasteiger partial charge on any atom is -0.370 e. The second-order valence-corrected chi connectivity index (χ2v) is 7.14. The van der Waals surface area contributed by atoms with Crippen molar-refractivity contribution in [2.24, 2.45) is 10.7 Å². The Morgan fingerprint density at radius 2 is 2.05 bits per heavy atom. The normalized spacial score (nSPS) is 13.4. The van der Waals surface area contributed by atoms with Crippen molar-refractivity contribution in [3.8, 4) is 0 Å². The van der Waals surface area contributed by atoms with Gasteiger partial charge in [-0.05, 0) is 24.6 Å². The number of nitrogens with one attached hydrogen (secondary N) is 2. The summed E-state index contributed by atoms with van der Waals surface area (Å²) in [5.41, 5.74) is 6.58. The van der Waals surface area contributed by atoms with Crippen LogP contribution >= 0.6 is 47.2 Å². The Labute approximate surface area is 157 Å². The lowest BCUT2D eigenvalue weighted by atomic mass is 10.1. The molecule has 0 fully saturated rings. The summed E-state index contributed by atoms with van der Waals surface area (Å²) in [5.74, 6) is 0.212. The Balaban J connectivity index is 0.00000441. The standard InChI is InChI=1S/C12H18Cl2N4O2S.HI/c1-8(10-4-3-9(13)7-11(10)14)18-12(15)16-5-6-17-21(2,19)20;/h3-4,7-8,17H,5-6H2,1-2H3,(H3,15,16,18);1H. The third kappa shape index (κ3) is 8.37. The second-order valence-electron chi connectivity index (χ2n) is 4.47. The van der Waals surface area contributed by atoms with Gasteiger partial charge in [0.05, 0.1) is 18.8 Å². The van der Waals surface area contributed by atoms with E-state index in [1.807, 2.05) is 6.92 Å². The van der Waals surface area contributed by atoms with Gasteiger partial charge < -0.3 is 11.1 Å². The van der Waals surface area contributed by atoms with Gasteiger partial charge in [0.1, 0.15) is 0 Å². The summed E-state index contributed by atoms with van der Waals surface area (Å²) in [7, 11) is -3.21. The highest BCUT2D eigenvalue weighted by Crippen LogP contribution is 2.25. The molecule has 1 rings (SSSR count). The number of nitrogens with zero attached hydrogens (tertiary/aromatic N) is 1. The van der Waals surface area contributed by atoms with Crippen molar-refractivity contribution in [1.29, 1.82) is 0 Å². The lowest BCUT2D eigenvalue weighted by Gasteiger charge is -2.16. The number of rotatable bonds is 6. The summed E-state index contributed by atoms with van der Waals surface area (Å²) in [6, 6.07) is 5.05. The number of sulfonamides is 1. The molecule has 0 spiro atoms.